The monoisotopic (exact) mass is 407 g/mol. The summed E-state index contributed by atoms with van der Waals surface area (Å²) in [6, 6.07) is 6.18. The lowest BCUT2D eigenvalue weighted by Gasteiger charge is -2.56. The normalized spacial score (nSPS) is 28.4. The SMILES string of the molecule is CCC[C@H]1[C@H]2C[C@H](CN(C(=O)c3cc(-c4ccncc4)n[nH]3)C2)[C@@H]2CCCC(=O)N21. The Kier molecular flexibility index (Phi) is 5.05. The van der Waals surface area contributed by atoms with Gasteiger partial charge in [-0.2, -0.15) is 5.10 Å². The number of H-pyrrole nitrogens is 1. The molecule has 0 radical (unpaired) electrons. The van der Waals surface area contributed by atoms with E-state index in [4.69, 9.17) is 0 Å². The lowest BCUT2D eigenvalue weighted by atomic mass is 9.71. The molecule has 30 heavy (non-hydrogen) atoms. The number of fused-ring (bicyclic) bond motifs is 4. The minimum atomic E-state index is 0.0170. The van der Waals surface area contributed by atoms with E-state index in [1.807, 2.05) is 23.1 Å². The second-order valence-corrected chi connectivity index (χ2v) is 8.99. The molecule has 0 aliphatic carbocycles. The summed E-state index contributed by atoms with van der Waals surface area (Å²) in [5.41, 5.74) is 2.23. The Morgan fingerprint density at radius 2 is 2.03 bits per heavy atom. The van der Waals surface area contributed by atoms with Crippen LogP contribution in [-0.2, 0) is 4.79 Å². The van der Waals surface area contributed by atoms with Crippen molar-refractivity contribution in [3.05, 3.63) is 36.3 Å². The summed E-state index contributed by atoms with van der Waals surface area (Å²) < 4.78 is 0. The number of nitrogens with one attached hydrogen (secondary N) is 1. The molecule has 3 saturated heterocycles. The van der Waals surface area contributed by atoms with Crippen molar-refractivity contribution in [1.82, 2.24) is 25.0 Å². The summed E-state index contributed by atoms with van der Waals surface area (Å²) in [5.74, 6) is 1.10. The zero-order chi connectivity index (χ0) is 20.7. The molecule has 2 amide bonds. The highest BCUT2D eigenvalue weighted by molar-refractivity contribution is 5.93. The fraction of sp³-hybridized carbons (Fsp3) is 0.565. The van der Waals surface area contributed by atoms with Gasteiger partial charge in [0, 0.05) is 49.6 Å². The van der Waals surface area contributed by atoms with Crippen LogP contribution in [0.2, 0.25) is 0 Å². The Morgan fingerprint density at radius 1 is 1.23 bits per heavy atom. The molecule has 0 unspecified atom stereocenters. The van der Waals surface area contributed by atoms with E-state index >= 15 is 0 Å². The first-order valence-electron chi connectivity index (χ1n) is 11.2. The van der Waals surface area contributed by atoms with Gasteiger partial charge in [-0.15, -0.1) is 0 Å². The predicted octanol–water partition coefficient (Wildman–Crippen LogP) is 3.11. The van der Waals surface area contributed by atoms with E-state index in [9.17, 15) is 9.59 Å². The van der Waals surface area contributed by atoms with Crippen LogP contribution in [0.1, 0.15) is 55.9 Å². The van der Waals surface area contributed by atoms with Gasteiger partial charge in [0.1, 0.15) is 5.69 Å². The molecular weight excluding hydrogens is 378 g/mol. The van der Waals surface area contributed by atoms with E-state index in [0.29, 0.717) is 35.9 Å². The first-order valence-corrected chi connectivity index (χ1v) is 11.2. The molecule has 2 aromatic rings. The van der Waals surface area contributed by atoms with Crippen LogP contribution in [0.25, 0.3) is 11.3 Å². The van der Waals surface area contributed by atoms with Gasteiger partial charge in [-0.05, 0) is 55.7 Å². The fourth-order valence-electron chi connectivity index (χ4n) is 5.88. The van der Waals surface area contributed by atoms with Crippen molar-refractivity contribution in [1.29, 1.82) is 0 Å². The van der Waals surface area contributed by atoms with Crippen LogP contribution in [0.5, 0.6) is 0 Å². The Bertz CT molecular complexity index is 927. The molecule has 3 aliphatic heterocycles. The second kappa shape index (κ2) is 7.85. The summed E-state index contributed by atoms with van der Waals surface area (Å²) in [5, 5.41) is 7.28. The molecule has 5 rings (SSSR count). The number of aromatic amines is 1. The number of carbonyl (C=O) groups is 2. The van der Waals surface area contributed by atoms with Gasteiger partial charge in [0.05, 0.1) is 5.69 Å². The molecular formula is C23H29N5O2. The van der Waals surface area contributed by atoms with E-state index in [2.05, 4.69) is 27.0 Å². The van der Waals surface area contributed by atoms with E-state index < -0.39 is 0 Å². The number of nitrogens with zero attached hydrogens (tertiary/aromatic N) is 4. The van der Waals surface area contributed by atoms with Gasteiger partial charge in [-0.1, -0.05) is 13.3 Å². The van der Waals surface area contributed by atoms with Crippen LogP contribution in [0.15, 0.2) is 30.6 Å². The largest absolute Gasteiger partial charge is 0.337 e. The lowest BCUT2D eigenvalue weighted by molar-refractivity contribution is -0.152. The van der Waals surface area contributed by atoms with E-state index in [1.165, 1.54) is 0 Å². The number of hydrogen-bond donors (Lipinski definition) is 1. The molecule has 0 saturated carbocycles. The first-order chi connectivity index (χ1) is 14.7. The molecule has 158 valence electrons. The molecule has 4 atom stereocenters. The quantitative estimate of drug-likeness (QED) is 0.844. The van der Waals surface area contributed by atoms with E-state index in [1.54, 1.807) is 12.4 Å². The van der Waals surface area contributed by atoms with Gasteiger partial charge >= 0.3 is 0 Å². The number of aromatic nitrogens is 3. The molecule has 5 heterocycles. The number of hydrogen-bond acceptors (Lipinski definition) is 4. The minimum Gasteiger partial charge on any atom is -0.337 e. The number of piperidine rings is 3. The average Bonchev–Trinajstić information content (AvgIpc) is 3.27. The average molecular weight is 408 g/mol. The standard InChI is InChI=1S/C23H29N5O2/c1-2-4-20-16-11-17(21-5-3-6-22(29)28(20)21)14-27(13-16)23(30)19-12-18(25-26-19)15-7-9-24-10-8-15/h7-10,12,16-17,20-21H,2-6,11,13-14H2,1H3,(H,25,26)/t16-,17+,20-,21-/m0/s1. The van der Waals surface area contributed by atoms with Crippen LogP contribution in [0, 0.1) is 11.8 Å². The Morgan fingerprint density at radius 3 is 2.83 bits per heavy atom. The van der Waals surface area contributed by atoms with Crippen LogP contribution < -0.4 is 0 Å². The summed E-state index contributed by atoms with van der Waals surface area (Å²) in [6.45, 7) is 3.64. The molecule has 1 N–H and O–H groups in total. The Hall–Kier alpha value is -2.70. The number of pyridine rings is 1. The summed E-state index contributed by atoms with van der Waals surface area (Å²) in [7, 11) is 0. The molecule has 3 aliphatic rings. The topological polar surface area (TPSA) is 82.2 Å². The number of likely N-dealkylation sites (tertiary alicyclic amines) is 1. The maximum atomic E-state index is 13.3. The summed E-state index contributed by atoms with van der Waals surface area (Å²) in [6.07, 6.45) is 9.40. The third-order valence-electron chi connectivity index (χ3n) is 7.15. The van der Waals surface area contributed by atoms with E-state index in [-0.39, 0.29) is 11.9 Å². The highest BCUT2D eigenvalue weighted by atomic mass is 16.2. The van der Waals surface area contributed by atoms with Crippen LogP contribution in [0.3, 0.4) is 0 Å². The maximum Gasteiger partial charge on any atom is 0.271 e. The summed E-state index contributed by atoms with van der Waals surface area (Å²) in [4.78, 5) is 34.3. The van der Waals surface area contributed by atoms with Gasteiger partial charge in [-0.25, -0.2) is 0 Å². The molecule has 2 aromatic heterocycles. The van der Waals surface area contributed by atoms with Gasteiger partial charge in [0.2, 0.25) is 5.91 Å². The number of amides is 2. The third-order valence-corrected chi connectivity index (χ3v) is 7.15. The molecule has 0 spiro atoms. The van der Waals surface area contributed by atoms with Gasteiger partial charge in [0.15, 0.2) is 0 Å². The Labute approximate surface area is 176 Å². The third kappa shape index (κ3) is 3.30. The van der Waals surface area contributed by atoms with Crippen molar-refractivity contribution in [3.8, 4) is 11.3 Å². The lowest BCUT2D eigenvalue weighted by Crippen LogP contribution is -2.65. The molecule has 2 bridgehead atoms. The maximum absolute atomic E-state index is 13.3. The molecule has 7 nitrogen and oxygen atoms in total. The zero-order valence-corrected chi connectivity index (χ0v) is 17.5. The van der Waals surface area contributed by atoms with Crippen molar-refractivity contribution in [3.63, 3.8) is 0 Å². The summed E-state index contributed by atoms with van der Waals surface area (Å²) >= 11 is 0. The smallest absolute Gasteiger partial charge is 0.271 e. The van der Waals surface area contributed by atoms with Crippen molar-refractivity contribution in [2.24, 2.45) is 11.8 Å². The minimum absolute atomic E-state index is 0.0170. The van der Waals surface area contributed by atoms with Crippen molar-refractivity contribution < 1.29 is 9.59 Å². The zero-order valence-electron chi connectivity index (χ0n) is 17.5. The van der Waals surface area contributed by atoms with Crippen LogP contribution in [0.4, 0.5) is 0 Å². The highest BCUT2D eigenvalue weighted by Gasteiger charge is 2.49. The van der Waals surface area contributed by atoms with Crippen LogP contribution in [-0.4, -0.2) is 62.0 Å². The molecule has 0 aromatic carbocycles. The molecule has 7 heteroatoms. The number of carbonyl (C=O) groups excluding carboxylic acids is 2. The van der Waals surface area contributed by atoms with Gasteiger partial charge in [0.25, 0.3) is 5.91 Å². The van der Waals surface area contributed by atoms with Crippen molar-refractivity contribution in [2.45, 2.75) is 57.5 Å². The highest BCUT2D eigenvalue weighted by Crippen LogP contribution is 2.43. The van der Waals surface area contributed by atoms with Crippen LogP contribution >= 0.6 is 0 Å². The van der Waals surface area contributed by atoms with E-state index in [0.717, 1.165) is 56.5 Å². The Balaban J connectivity index is 1.37. The van der Waals surface area contributed by atoms with Gasteiger partial charge < -0.3 is 9.80 Å². The van der Waals surface area contributed by atoms with Gasteiger partial charge in [-0.3, -0.25) is 19.7 Å². The van der Waals surface area contributed by atoms with Crippen molar-refractivity contribution >= 4 is 11.8 Å². The fourth-order valence-corrected chi connectivity index (χ4v) is 5.88. The predicted molar refractivity (Wildman–Crippen MR) is 113 cm³/mol. The molecule has 3 fully saturated rings. The number of rotatable bonds is 4. The second-order valence-electron chi connectivity index (χ2n) is 8.99. The first kappa shape index (κ1) is 19.3. The van der Waals surface area contributed by atoms with Crippen molar-refractivity contribution in [2.75, 3.05) is 13.1 Å².